The Hall–Kier alpha value is -2.81. The average Bonchev–Trinajstić information content (AvgIpc) is 3.61. The van der Waals surface area contributed by atoms with Crippen LogP contribution in [0.3, 0.4) is 0 Å². The van der Waals surface area contributed by atoms with E-state index >= 15 is 0 Å². The molecule has 216 valence electrons. The lowest BCUT2D eigenvalue weighted by Gasteiger charge is -2.44. The normalized spacial score (nSPS) is 18.0. The Labute approximate surface area is 255 Å². The van der Waals surface area contributed by atoms with E-state index in [4.69, 9.17) is 4.43 Å². The molecule has 3 atom stereocenters. The summed E-state index contributed by atoms with van der Waals surface area (Å²) in [5.74, 6) is 0.0171. The first-order chi connectivity index (χ1) is 19.2. The second-order valence-electron chi connectivity index (χ2n) is 11.7. The predicted molar refractivity (Wildman–Crippen MR) is 175 cm³/mol. The van der Waals surface area contributed by atoms with Gasteiger partial charge in [0.1, 0.15) is 0 Å². The van der Waals surface area contributed by atoms with Gasteiger partial charge in [0.15, 0.2) is 0 Å². The molecular formula is C33H40ClN3O2SSi. The van der Waals surface area contributed by atoms with Gasteiger partial charge in [-0.25, -0.2) is 4.98 Å². The van der Waals surface area contributed by atoms with Crippen molar-refractivity contribution in [2.24, 2.45) is 0 Å². The van der Waals surface area contributed by atoms with Crippen LogP contribution < -0.4 is 21.0 Å². The van der Waals surface area contributed by atoms with E-state index in [1.165, 1.54) is 15.3 Å². The van der Waals surface area contributed by atoms with Crippen molar-refractivity contribution in [3.05, 3.63) is 102 Å². The van der Waals surface area contributed by atoms with Crippen LogP contribution >= 0.6 is 23.7 Å². The first-order valence-electron chi connectivity index (χ1n) is 14.0. The number of aryl methyl sites for hydroxylation is 1. The lowest BCUT2D eigenvalue weighted by molar-refractivity contribution is -0.123. The van der Waals surface area contributed by atoms with E-state index in [1.807, 2.05) is 19.4 Å². The quantitative estimate of drug-likeness (QED) is 0.241. The maximum Gasteiger partial charge on any atom is 0.261 e. The molecule has 1 fully saturated rings. The number of hydrogen-bond donors (Lipinski definition) is 2. The van der Waals surface area contributed by atoms with Gasteiger partial charge in [0.2, 0.25) is 5.91 Å². The standard InChI is InChI=1S/C33H39N3O2SSi.ClH/c1-23(25-16-18-26(19-17-25)31-24(2)35-22-39-31)36-32(37)30-20-27(21-34-30)38-40(33(3,4)5,28-12-8-6-9-13-28)29-14-10-7-11-15-29;/h6-19,22-23,27,30,34H,20-21H2,1-5H3,(H,36,37);1H/t23-,27+,30-;/m0./s1. The highest BCUT2D eigenvalue weighted by Crippen LogP contribution is 2.38. The molecule has 1 amide bonds. The molecule has 0 aliphatic carbocycles. The lowest BCUT2D eigenvalue weighted by Crippen LogP contribution is -2.67. The monoisotopic (exact) mass is 605 g/mol. The summed E-state index contributed by atoms with van der Waals surface area (Å²) >= 11 is 1.65. The Morgan fingerprint density at radius 3 is 2.10 bits per heavy atom. The number of thiazole rings is 1. The van der Waals surface area contributed by atoms with Gasteiger partial charge < -0.3 is 15.1 Å². The summed E-state index contributed by atoms with van der Waals surface area (Å²) in [6.07, 6.45) is 0.589. The molecular weight excluding hydrogens is 566 g/mol. The zero-order valence-corrected chi connectivity index (χ0v) is 27.0. The largest absolute Gasteiger partial charge is 0.403 e. The van der Waals surface area contributed by atoms with Gasteiger partial charge in [0.05, 0.1) is 34.3 Å². The number of nitrogens with one attached hydrogen (secondary N) is 2. The maximum absolute atomic E-state index is 13.4. The van der Waals surface area contributed by atoms with E-state index in [9.17, 15) is 4.79 Å². The third kappa shape index (κ3) is 6.50. The minimum absolute atomic E-state index is 0. The second kappa shape index (κ2) is 13.0. The fourth-order valence-electron chi connectivity index (χ4n) is 5.83. The highest BCUT2D eigenvalue weighted by molar-refractivity contribution is 7.13. The van der Waals surface area contributed by atoms with Crippen LogP contribution in [0, 0.1) is 6.92 Å². The van der Waals surface area contributed by atoms with Crippen molar-refractivity contribution in [3.63, 3.8) is 0 Å². The summed E-state index contributed by atoms with van der Waals surface area (Å²) in [7, 11) is -2.67. The molecule has 1 aliphatic rings. The van der Waals surface area contributed by atoms with Gasteiger partial charge in [-0.2, -0.15) is 0 Å². The van der Waals surface area contributed by atoms with Crippen LogP contribution in [-0.2, 0) is 9.22 Å². The van der Waals surface area contributed by atoms with E-state index in [2.05, 4.69) is 121 Å². The van der Waals surface area contributed by atoms with Gasteiger partial charge in [0.25, 0.3) is 8.32 Å². The number of rotatable bonds is 8. The summed E-state index contributed by atoms with van der Waals surface area (Å²) in [6, 6.07) is 29.4. The molecule has 2 N–H and O–H groups in total. The number of amides is 1. The van der Waals surface area contributed by atoms with Crippen molar-refractivity contribution < 1.29 is 9.22 Å². The molecule has 0 radical (unpaired) electrons. The SMILES string of the molecule is Cc1ncsc1-c1ccc([C@H](C)NC(=O)[C@@H]2C[C@@H](O[Si](c3ccccc3)(c3ccccc3)C(C)(C)C)CN2)cc1.Cl. The van der Waals surface area contributed by atoms with Crippen molar-refractivity contribution in [1.29, 1.82) is 0 Å². The van der Waals surface area contributed by atoms with Crippen molar-refractivity contribution in [2.45, 2.75) is 64.3 Å². The van der Waals surface area contributed by atoms with Crippen LogP contribution in [0.25, 0.3) is 10.4 Å². The minimum Gasteiger partial charge on any atom is -0.403 e. The number of hydrogen-bond acceptors (Lipinski definition) is 5. The molecule has 8 heteroatoms. The van der Waals surface area contributed by atoms with Crippen LogP contribution in [0.5, 0.6) is 0 Å². The molecule has 0 spiro atoms. The van der Waals surface area contributed by atoms with Crippen LogP contribution in [-0.4, -0.2) is 37.9 Å². The molecule has 41 heavy (non-hydrogen) atoms. The predicted octanol–water partition coefficient (Wildman–Crippen LogP) is 6.02. The molecule has 0 bridgehead atoms. The summed E-state index contributed by atoms with van der Waals surface area (Å²) in [5, 5.41) is 9.09. The highest BCUT2D eigenvalue weighted by atomic mass is 35.5. The Balaban J connectivity index is 0.00000387. The van der Waals surface area contributed by atoms with Crippen molar-refractivity contribution in [3.8, 4) is 10.4 Å². The fraction of sp³-hybridized carbons (Fsp3) is 0.333. The molecule has 1 aromatic heterocycles. The molecule has 1 saturated heterocycles. The van der Waals surface area contributed by atoms with E-state index in [0.29, 0.717) is 13.0 Å². The Kier molecular flexibility index (Phi) is 9.88. The van der Waals surface area contributed by atoms with Crippen LogP contribution in [0.1, 0.15) is 51.4 Å². The van der Waals surface area contributed by atoms with Gasteiger partial charge in [-0.3, -0.25) is 4.79 Å². The van der Waals surface area contributed by atoms with E-state index < -0.39 is 8.32 Å². The van der Waals surface area contributed by atoms with Crippen molar-refractivity contribution in [1.82, 2.24) is 15.6 Å². The van der Waals surface area contributed by atoms with Crippen molar-refractivity contribution >= 4 is 48.3 Å². The number of halogens is 1. The molecule has 2 heterocycles. The Morgan fingerprint density at radius 2 is 1.59 bits per heavy atom. The first-order valence-corrected chi connectivity index (χ1v) is 16.8. The Morgan fingerprint density at radius 1 is 1.00 bits per heavy atom. The van der Waals surface area contributed by atoms with Gasteiger partial charge in [0, 0.05) is 6.54 Å². The highest BCUT2D eigenvalue weighted by Gasteiger charge is 2.52. The zero-order valence-electron chi connectivity index (χ0n) is 24.4. The van der Waals surface area contributed by atoms with E-state index in [-0.39, 0.29) is 41.5 Å². The molecule has 4 aromatic rings. The number of carbonyl (C=O) groups excluding carboxylic acids is 1. The van der Waals surface area contributed by atoms with Crippen LogP contribution in [0.2, 0.25) is 5.04 Å². The Bertz CT molecular complexity index is 1380. The zero-order chi connectivity index (χ0) is 28.3. The van der Waals surface area contributed by atoms with Crippen LogP contribution in [0.15, 0.2) is 90.4 Å². The van der Waals surface area contributed by atoms with Crippen LogP contribution in [0.4, 0.5) is 0 Å². The summed E-state index contributed by atoms with van der Waals surface area (Å²) in [6.45, 7) is 11.6. The minimum atomic E-state index is -2.67. The summed E-state index contributed by atoms with van der Waals surface area (Å²) < 4.78 is 7.26. The van der Waals surface area contributed by atoms with Gasteiger partial charge in [-0.15, -0.1) is 23.7 Å². The fourth-order valence-corrected chi connectivity index (χ4v) is 11.3. The molecule has 1 aliphatic heterocycles. The smallest absolute Gasteiger partial charge is 0.261 e. The van der Waals surface area contributed by atoms with Gasteiger partial charge in [-0.05, 0) is 46.8 Å². The topological polar surface area (TPSA) is 63.2 Å². The van der Waals surface area contributed by atoms with Gasteiger partial charge in [-0.1, -0.05) is 106 Å². The second-order valence-corrected chi connectivity index (χ2v) is 16.8. The molecule has 3 aromatic carbocycles. The van der Waals surface area contributed by atoms with Gasteiger partial charge >= 0.3 is 0 Å². The maximum atomic E-state index is 13.4. The molecule has 0 saturated carbocycles. The number of nitrogens with zero attached hydrogens (tertiary/aromatic N) is 1. The lowest BCUT2D eigenvalue weighted by atomic mass is 10.0. The number of benzene rings is 3. The number of carbonyl (C=O) groups is 1. The summed E-state index contributed by atoms with van der Waals surface area (Å²) in [5.41, 5.74) is 5.16. The summed E-state index contributed by atoms with van der Waals surface area (Å²) in [4.78, 5) is 18.9. The van der Waals surface area contributed by atoms with E-state index in [1.54, 1.807) is 11.3 Å². The third-order valence-corrected chi connectivity index (χ3v) is 14.0. The first kappa shape index (κ1) is 31.1. The third-order valence-electron chi connectivity index (χ3n) is 7.94. The van der Waals surface area contributed by atoms with Crippen molar-refractivity contribution in [2.75, 3.05) is 6.54 Å². The molecule has 5 nitrogen and oxygen atoms in total. The van der Waals surface area contributed by atoms with E-state index in [0.717, 1.165) is 16.8 Å². The average molecular weight is 606 g/mol. The molecule has 0 unspecified atom stereocenters. The number of aromatic nitrogens is 1. The molecule has 5 rings (SSSR count).